The molecule has 0 bridgehead atoms. The second-order valence-corrected chi connectivity index (χ2v) is 5.39. The topological polar surface area (TPSA) is 79.3 Å². The highest BCUT2D eigenvalue weighted by Crippen LogP contribution is 2.41. The van der Waals surface area contributed by atoms with E-state index in [0.29, 0.717) is 10.7 Å². The van der Waals surface area contributed by atoms with Crippen LogP contribution in [0.25, 0.3) is 10.2 Å². The maximum Gasteiger partial charge on any atom is 0.269 e. The fourth-order valence-corrected chi connectivity index (χ4v) is 3.21. The van der Waals surface area contributed by atoms with Gasteiger partial charge < -0.3 is 10.6 Å². The number of carbonyl (C=O) groups is 1. The van der Waals surface area contributed by atoms with Crippen molar-refractivity contribution in [1.29, 1.82) is 0 Å². The van der Waals surface area contributed by atoms with Crippen LogP contribution in [0.3, 0.4) is 0 Å². The molecule has 1 aliphatic rings. The molecule has 0 unspecified atom stereocenters. The Morgan fingerprint density at radius 2 is 2.14 bits per heavy atom. The third-order valence-electron chi connectivity index (χ3n) is 3.10. The lowest BCUT2D eigenvalue weighted by molar-refractivity contribution is 0.103. The normalized spacial score (nSPS) is 12.2. The van der Waals surface area contributed by atoms with E-state index in [2.05, 4.69) is 25.6 Å². The summed E-state index contributed by atoms with van der Waals surface area (Å²) >= 11 is 1.34. The number of hydrogen-bond donors (Lipinski definition) is 2. The molecule has 4 heterocycles. The molecule has 1 aliphatic heterocycles. The van der Waals surface area contributed by atoms with Crippen LogP contribution in [0.4, 0.5) is 17.2 Å². The second kappa shape index (κ2) is 4.64. The minimum absolute atomic E-state index is 0.208. The van der Waals surface area contributed by atoms with Crippen molar-refractivity contribution in [2.75, 3.05) is 10.6 Å². The first kappa shape index (κ1) is 12.0. The van der Waals surface area contributed by atoms with Crippen LogP contribution >= 0.6 is 11.3 Å². The van der Waals surface area contributed by atoms with Gasteiger partial charge in [0.2, 0.25) is 0 Å². The van der Waals surface area contributed by atoms with E-state index in [9.17, 15) is 4.79 Å². The van der Waals surface area contributed by atoms with Gasteiger partial charge in [-0.2, -0.15) is 0 Å². The van der Waals surface area contributed by atoms with Gasteiger partial charge in [0, 0.05) is 12.4 Å². The van der Waals surface area contributed by atoms with Crippen LogP contribution in [-0.4, -0.2) is 22.2 Å². The van der Waals surface area contributed by atoms with Crippen molar-refractivity contribution >= 4 is 51.0 Å². The molecule has 0 saturated heterocycles. The highest BCUT2D eigenvalue weighted by molar-refractivity contribution is 7.21. The maximum absolute atomic E-state index is 12.4. The lowest BCUT2D eigenvalue weighted by Crippen LogP contribution is -2.13. The first-order valence-corrected chi connectivity index (χ1v) is 7.07. The minimum atomic E-state index is -0.208. The van der Waals surface area contributed by atoms with E-state index in [1.807, 2.05) is 12.1 Å². The molecule has 0 aromatic carbocycles. The number of nitrogens with one attached hydrogen (secondary N) is 2. The Bertz CT molecular complexity index is 872. The van der Waals surface area contributed by atoms with Crippen LogP contribution in [0.1, 0.15) is 9.67 Å². The lowest BCUT2D eigenvalue weighted by atomic mass is 10.2. The Morgan fingerprint density at radius 3 is 3.00 bits per heavy atom. The van der Waals surface area contributed by atoms with E-state index in [4.69, 9.17) is 0 Å². The van der Waals surface area contributed by atoms with Crippen molar-refractivity contribution in [3.05, 3.63) is 41.5 Å². The number of amides is 1. The predicted molar refractivity (Wildman–Crippen MR) is 83.6 cm³/mol. The lowest BCUT2D eigenvalue weighted by Gasteiger charge is -2.09. The van der Waals surface area contributed by atoms with Crippen molar-refractivity contribution in [3.8, 4) is 0 Å². The quantitative estimate of drug-likeness (QED) is 0.761. The zero-order valence-electron chi connectivity index (χ0n) is 10.7. The van der Waals surface area contributed by atoms with Crippen LogP contribution in [0.15, 0.2) is 41.7 Å². The number of hydrogen-bond acceptors (Lipinski definition) is 6. The van der Waals surface area contributed by atoms with Crippen molar-refractivity contribution < 1.29 is 4.79 Å². The molecule has 7 heteroatoms. The molecular formula is C14H9N5OS. The highest BCUT2D eigenvalue weighted by Gasteiger charge is 2.22. The Hall–Kier alpha value is -2.80. The van der Waals surface area contributed by atoms with Gasteiger partial charge in [-0.25, -0.2) is 15.0 Å². The summed E-state index contributed by atoms with van der Waals surface area (Å²) in [6.45, 7) is 0. The van der Waals surface area contributed by atoms with E-state index < -0.39 is 0 Å². The summed E-state index contributed by atoms with van der Waals surface area (Å²) in [7, 11) is 0. The SMILES string of the molecule is O=C(Nc1ccccn1)c1sc2nccc3c2c1NC=N3. The number of aromatic nitrogens is 2. The average molecular weight is 295 g/mol. The summed E-state index contributed by atoms with van der Waals surface area (Å²) in [5.74, 6) is 0.310. The van der Waals surface area contributed by atoms with Gasteiger partial charge in [0.1, 0.15) is 15.5 Å². The number of thiophene rings is 1. The maximum atomic E-state index is 12.4. The van der Waals surface area contributed by atoms with Gasteiger partial charge in [-0.3, -0.25) is 4.79 Å². The molecule has 0 radical (unpaired) electrons. The van der Waals surface area contributed by atoms with Crippen molar-refractivity contribution in [1.82, 2.24) is 9.97 Å². The molecule has 1 amide bonds. The van der Waals surface area contributed by atoms with Gasteiger partial charge in [0.15, 0.2) is 0 Å². The molecule has 0 aliphatic carbocycles. The summed E-state index contributed by atoms with van der Waals surface area (Å²) in [4.78, 5) is 26.5. The van der Waals surface area contributed by atoms with Gasteiger partial charge in [0.25, 0.3) is 5.91 Å². The van der Waals surface area contributed by atoms with Gasteiger partial charge in [-0.15, -0.1) is 11.3 Å². The van der Waals surface area contributed by atoms with Crippen molar-refractivity contribution in [3.63, 3.8) is 0 Å². The molecule has 0 fully saturated rings. The molecular weight excluding hydrogens is 286 g/mol. The number of carbonyl (C=O) groups excluding carboxylic acids is 1. The van der Waals surface area contributed by atoms with E-state index in [1.165, 1.54) is 11.3 Å². The summed E-state index contributed by atoms with van der Waals surface area (Å²) < 4.78 is 0. The van der Waals surface area contributed by atoms with E-state index in [1.54, 1.807) is 30.9 Å². The number of aliphatic imine (C=N–C) groups is 1. The fourth-order valence-electron chi connectivity index (χ4n) is 2.19. The molecule has 2 N–H and O–H groups in total. The summed E-state index contributed by atoms with van der Waals surface area (Å²) in [6.07, 6.45) is 4.91. The monoisotopic (exact) mass is 295 g/mol. The number of nitrogens with zero attached hydrogens (tertiary/aromatic N) is 3. The fraction of sp³-hybridized carbons (Fsp3) is 0. The van der Waals surface area contributed by atoms with E-state index in [0.717, 1.165) is 21.6 Å². The van der Waals surface area contributed by atoms with Crippen LogP contribution in [0, 0.1) is 0 Å². The molecule has 6 nitrogen and oxygen atoms in total. The smallest absolute Gasteiger partial charge is 0.269 e. The third-order valence-corrected chi connectivity index (χ3v) is 4.19. The van der Waals surface area contributed by atoms with Gasteiger partial charge in [-0.05, 0) is 18.2 Å². The Kier molecular flexibility index (Phi) is 2.65. The Labute approximate surface area is 123 Å². The largest absolute Gasteiger partial charge is 0.344 e. The molecule has 0 saturated carbocycles. The molecule has 0 atom stereocenters. The van der Waals surface area contributed by atoms with Gasteiger partial charge >= 0.3 is 0 Å². The summed E-state index contributed by atoms with van der Waals surface area (Å²) in [5.41, 5.74) is 1.57. The Balaban J connectivity index is 1.78. The third kappa shape index (κ3) is 1.95. The van der Waals surface area contributed by atoms with E-state index >= 15 is 0 Å². The average Bonchev–Trinajstić information content (AvgIpc) is 2.90. The molecule has 3 aromatic heterocycles. The second-order valence-electron chi connectivity index (χ2n) is 4.39. The highest BCUT2D eigenvalue weighted by atomic mass is 32.1. The molecule has 0 spiro atoms. The molecule has 4 rings (SSSR count). The van der Waals surface area contributed by atoms with Gasteiger partial charge in [0.05, 0.1) is 23.1 Å². The standard InChI is InChI=1S/C14H9N5OS/c20-13(19-9-3-1-2-5-15-9)12-11-10-8(17-7-18-11)4-6-16-14(10)21-12/h1-7H,(H,17,18)(H,15,19,20). The molecule has 102 valence electrons. The van der Waals surface area contributed by atoms with Crippen LogP contribution in [0.2, 0.25) is 0 Å². The molecule has 3 aromatic rings. The zero-order valence-corrected chi connectivity index (χ0v) is 11.5. The first-order valence-electron chi connectivity index (χ1n) is 6.26. The Morgan fingerprint density at radius 1 is 1.19 bits per heavy atom. The van der Waals surface area contributed by atoms with Crippen LogP contribution < -0.4 is 10.6 Å². The first-order chi connectivity index (χ1) is 10.3. The van der Waals surface area contributed by atoms with Crippen molar-refractivity contribution in [2.24, 2.45) is 4.99 Å². The summed E-state index contributed by atoms with van der Waals surface area (Å²) in [5, 5.41) is 6.71. The predicted octanol–water partition coefficient (Wildman–Crippen LogP) is 3.03. The number of pyridine rings is 2. The van der Waals surface area contributed by atoms with Crippen LogP contribution in [0.5, 0.6) is 0 Å². The van der Waals surface area contributed by atoms with Crippen LogP contribution in [-0.2, 0) is 0 Å². The summed E-state index contributed by atoms with van der Waals surface area (Å²) in [6, 6.07) is 7.20. The zero-order chi connectivity index (χ0) is 14.2. The number of rotatable bonds is 2. The molecule has 21 heavy (non-hydrogen) atoms. The number of anilines is 2. The van der Waals surface area contributed by atoms with E-state index in [-0.39, 0.29) is 5.91 Å². The minimum Gasteiger partial charge on any atom is -0.344 e. The van der Waals surface area contributed by atoms with Gasteiger partial charge in [-0.1, -0.05) is 6.07 Å². The van der Waals surface area contributed by atoms with Crippen molar-refractivity contribution in [2.45, 2.75) is 0 Å².